The molecule has 2 heterocycles. The van der Waals surface area contributed by atoms with Crippen LogP contribution in [0.25, 0.3) is 0 Å². The van der Waals surface area contributed by atoms with Crippen LogP contribution in [0.15, 0.2) is 24.3 Å². The van der Waals surface area contributed by atoms with Gasteiger partial charge in [0.15, 0.2) is 0 Å². The van der Waals surface area contributed by atoms with E-state index in [1.165, 1.54) is 51.7 Å². The lowest BCUT2D eigenvalue weighted by molar-refractivity contribution is 0.220. The van der Waals surface area contributed by atoms with Gasteiger partial charge in [-0.05, 0) is 62.4 Å². The summed E-state index contributed by atoms with van der Waals surface area (Å²) in [6.07, 6.45) is 6.86. The van der Waals surface area contributed by atoms with Crippen molar-refractivity contribution in [3.8, 4) is 0 Å². The minimum absolute atomic E-state index is 0.731. The van der Waals surface area contributed by atoms with E-state index in [0.717, 1.165) is 19.0 Å². The number of nitrogens with zero attached hydrogens (tertiary/aromatic N) is 1. The maximum absolute atomic E-state index is 3.55. The molecule has 19 heavy (non-hydrogen) atoms. The molecule has 2 heteroatoms. The molecule has 0 radical (unpaired) electrons. The van der Waals surface area contributed by atoms with Crippen LogP contribution in [0.3, 0.4) is 0 Å². The molecule has 1 unspecified atom stereocenters. The maximum atomic E-state index is 3.55. The summed E-state index contributed by atoms with van der Waals surface area (Å²) in [5.74, 6) is 0.731. The van der Waals surface area contributed by atoms with Crippen molar-refractivity contribution in [2.45, 2.75) is 44.6 Å². The first-order valence-corrected chi connectivity index (χ1v) is 7.94. The molecular weight excluding hydrogens is 232 g/mol. The van der Waals surface area contributed by atoms with E-state index in [-0.39, 0.29) is 0 Å². The molecule has 1 N–H and O–H groups in total. The van der Waals surface area contributed by atoms with Crippen LogP contribution in [-0.4, -0.2) is 31.1 Å². The van der Waals surface area contributed by atoms with Gasteiger partial charge in [-0.25, -0.2) is 0 Å². The van der Waals surface area contributed by atoms with E-state index >= 15 is 0 Å². The molecule has 2 saturated heterocycles. The Morgan fingerprint density at radius 1 is 1.05 bits per heavy atom. The number of likely N-dealkylation sites (tertiary alicyclic amines) is 1. The van der Waals surface area contributed by atoms with E-state index in [2.05, 4.69) is 34.5 Å². The fraction of sp³-hybridized carbons (Fsp3) is 0.647. The average Bonchev–Trinajstić information content (AvgIpc) is 2.50. The summed E-state index contributed by atoms with van der Waals surface area (Å²) in [6.45, 7) is 6.10. The SMILES string of the molecule is c1ccc(C2CCCNC2)c(CN2CCCCC2)c1. The molecule has 1 aromatic carbocycles. The summed E-state index contributed by atoms with van der Waals surface area (Å²) >= 11 is 0. The molecule has 0 saturated carbocycles. The molecule has 1 atom stereocenters. The van der Waals surface area contributed by atoms with E-state index < -0.39 is 0 Å². The second-order valence-corrected chi connectivity index (χ2v) is 6.08. The van der Waals surface area contributed by atoms with Gasteiger partial charge in [0, 0.05) is 13.1 Å². The average molecular weight is 258 g/mol. The second kappa shape index (κ2) is 6.53. The van der Waals surface area contributed by atoms with Crippen molar-refractivity contribution in [3.05, 3.63) is 35.4 Å². The number of rotatable bonds is 3. The van der Waals surface area contributed by atoms with Crippen LogP contribution in [0.5, 0.6) is 0 Å². The van der Waals surface area contributed by atoms with E-state index in [1.54, 1.807) is 11.1 Å². The summed E-state index contributed by atoms with van der Waals surface area (Å²) in [5.41, 5.74) is 3.17. The Balaban J connectivity index is 1.72. The Morgan fingerprint density at radius 2 is 1.89 bits per heavy atom. The summed E-state index contributed by atoms with van der Waals surface area (Å²) in [6, 6.07) is 9.12. The fourth-order valence-electron chi connectivity index (χ4n) is 3.55. The number of hydrogen-bond donors (Lipinski definition) is 1. The van der Waals surface area contributed by atoms with Gasteiger partial charge in [0.25, 0.3) is 0 Å². The molecule has 104 valence electrons. The van der Waals surface area contributed by atoms with Crippen LogP contribution in [-0.2, 0) is 6.54 Å². The molecule has 0 amide bonds. The van der Waals surface area contributed by atoms with Gasteiger partial charge < -0.3 is 5.32 Å². The minimum Gasteiger partial charge on any atom is -0.316 e. The zero-order chi connectivity index (χ0) is 12.9. The molecule has 2 aliphatic heterocycles. The van der Waals surface area contributed by atoms with E-state index in [9.17, 15) is 0 Å². The van der Waals surface area contributed by atoms with Crippen LogP contribution >= 0.6 is 0 Å². The second-order valence-electron chi connectivity index (χ2n) is 6.08. The summed E-state index contributed by atoms with van der Waals surface area (Å²) in [5, 5.41) is 3.55. The number of piperidine rings is 2. The topological polar surface area (TPSA) is 15.3 Å². The summed E-state index contributed by atoms with van der Waals surface area (Å²) in [4.78, 5) is 2.64. The molecule has 1 aromatic rings. The highest BCUT2D eigenvalue weighted by molar-refractivity contribution is 5.31. The fourth-order valence-corrected chi connectivity index (χ4v) is 3.55. The zero-order valence-corrected chi connectivity index (χ0v) is 11.9. The van der Waals surface area contributed by atoms with Crippen LogP contribution in [0.2, 0.25) is 0 Å². The Hall–Kier alpha value is -0.860. The van der Waals surface area contributed by atoms with Gasteiger partial charge in [-0.15, -0.1) is 0 Å². The highest BCUT2D eigenvalue weighted by Gasteiger charge is 2.19. The number of hydrogen-bond acceptors (Lipinski definition) is 2. The highest BCUT2D eigenvalue weighted by atomic mass is 15.1. The standard InChI is InChI=1S/C17H26N2/c1-4-11-19(12-5-1)14-16-7-2-3-9-17(16)15-8-6-10-18-13-15/h2-3,7,9,15,18H,1,4-6,8,10-14H2. The van der Waals surface area contributed by atoms with E-state index in [4.69, 9.17) is 0 Å². The zero-order valence-electron chi connectivity index (χ0n) is 11.9. The van der Waals surface area contributed by atoms with Gasteiger partial charge in [0.05, 0.1) is 0 Å². The quantitative estimate of drug-likeness (QED) is 0.896. The van der Waals surface area contributed by atoms with Crippen LogP contribution in [0, 0.1) is 0 Å². The third-order valence-corrected chi connectivity index (χ3v) is 4.63. The molecule has 0 aromatic heterocycles. The highest BCUT2D eigenvalue weighted by Crippen LogP contribution is 2.27. The molecule has 0 spiro atoms. The van der Waals surface area contributed by atoms with Gasteiger partial charge in [-0.1, -0.05) is 30.7 Å². The van der Waals surface area contributed by atoms with Crippen molar-refractivity contribution in [2.24, 2.45) is 0 Å². The predicted molar refractivity (Wildman–Crippen MR) is 80.4 cm³/mol. The molecular formula is C17H26N2. The van der Waals surface area contributed by atoms with Crippen molar-refractivity contribution in [1.82, 2.24) is 10.2 Å². The van der Waals surface area contributed by atoms with Gasteiger partial charge in [0.1, 0.15) is 0 Å². The van der Waals surface area contributed by atoms with Crippen molar-refractivity contribution in [1.29, 1.82) is 0 Å². The number of benzene rings is 1. The maximum Gasteiger partial charge on any atom is 0.0236 e. The van der Waals surface area contributed by atoms with Crippen molar-refractivity contribution in [2.75, 3.05) is 26.2 Å². The van der Waals surface area contributed by atoms with Crippen LogP contribution < -0.4 is 5.32 Å². The molecule has 2 nitrogen and oxygen atoms in total. The first-order valence-electron chi connectivity index (χ1n) is 7.94. The first-order chi connectivity index (χ1) is 9.43. The monoisotopic (exact) mass is 258 g/mol. The first kappa shape index (κ1) is 13.1. The normalized spacial score (nSPS) is 25.4. The third-order valence-electron chi connectivity index (χ3n) is 4.63. The van der Waals surface area contributed by atoms with Gasteiger partial charge >= 0.3 is 0 Å². The lowest BCUT2D eigenvalue weighted by Crippen LogP contribution is -2.31. The van der Waals surface area contributed by atoms with E-state index in [1.807, 2.05) is 0 Å². The third kappa shape index (κ3) is 3.37. The summed E-state index contributed by atoms with van der Waals surface area (Å²) in [7, 11) is 0. The minimum atomic E-state index is 0.731. The largest absolute Gasteiger partial charge is 0.316 e. The Kier molecular flexibility index (Phi) is 4.52. The van der Waals surface area contributed by atoms with Crippen LogP contribution in [0.1, 0.15) is 49.1 Å². The lowest BCUT2D eigenvalue weighted by Gasteiger charge is -2.30. The van der Waals surface area contributed by atoms with E-state index in [0.29, 0.717) is 0 Å². The molecule has 2 fully saturated rings. The molecule has 0 aliphatic carbocycles. The smallest absolute Gasteiger partial charge is 0.0236 e. The van der Waals surface area contributed by atoms with Crippen molar-refractivity contribution >= 4 is 0 Å². The Labute approximate surface area is 117 Å². The molecule has 3 rings (SSSR count). The van der Waals surface area contributed by atoms with Gasteiger partial charge in [0.2, 0.25) is 0 Å². The molecule has 0 bridgehead atoms. The van der Waals surface area contributed by atoms with Crippen molar-refractivity contribution < 1.29 is 0 Å². The Bertz CT molecular complexity index is 390. The van der Waals surface area contributed by atoms with Gasteiger partial charge in [-0.2, -0.15) is 0 Å². The predicted octanol–water partition coefficient (Wildman–Crippen LogP) is 3.14. The number of nitrogens with one attached hydrogen (secondary N) is 1. The van der Waals surface area contributed by atoms with Gasteiger partial charge in [-0.3, -0.25) is 4.90 Å². The summed E-state index contributed by atoms with van der Waals surface area (Å²) < 4.78 is 0. The Morgan fingerprint density at radius 3 is 2.68 bits per heavy atom. The van der Waals surface area contributed by atoms with Crippen LogP contribution in [0.4, 0.5) is 0 Å². The van der Waals surface area contributed by atoms with Crippen molar-refractivity contribution in [3.63, 3.8) is 0 Å². The lowest BCUT2D eigenvalue weighted by atomic mass is 9.88. The molecule has 2 aliphatic rings.